The molecule has 4 rings (SSSR count). The lowest BCUT2D eigenvalue weighted by Gasteiger charge is -2.28. The third-order valence-electron chi connectivity index (χ3n) is 5.90. The second kappa shape index (κ2) is 5.82. The fraction of sp³-hybridized carbons (Fsp3) is 0.632. The van der Waals surface area contributed by atoms with Gasteiger partial charge in [-0.2, -0.15) is 0 Å². The molecule has 1 N–H and O–H groups in total. The second-order valence-corrected chi connectivity index (χ2v) is 7.48. The van der Waals surface area contributed by atoms with Crippen LogP contribution in [-0.4, -0.2) is 48.2 Å². The summed E-state index contributed by atoms with van der Waals surface area (Å²) in [5, 5.41) is 10.5. The van der Waals surface area contributed by atoms with Crippen LogP contribution in [0.15, 0.2) is 24.3 Å². The number of rotatable bonds is 4. The minimum Gasteiger partial charge on any atom is -0.389 e. The van der Waals surface area contributed by atoms with Crippen LogP contribution in [0.3, 0.4) is 0 Å². The number of anilines is 1. The van der Waals surface area contributed by atoms with Gasteiger partial charge in [0.25, 0.3) is 0 Å². The van der Waals surface area contributed by atoms with Crippen molar-refractivity contribution in [3.8, 4) is 0 Å². The summed E-state index contributed by atoms with van der Waals surface area (Å²) in [5.41, 5.74) is 3.07. The number of amides is 1. The van der Waals surface area contributed by atoms with Crippen LogP contribution in [0.2, 0.25) is 0 Å². The fourth-order valence-corrected chi connectivity index (χ4v) is 4.84. The van der Waals surface area contributed by atoms with Crippen LogP contribution in [-0.2, 0) is 10.2 Å². The predicted octanol–water partition coefficient (Wildman–Crippen LogP) is 2.30. The zero-order chi connectivity index (χ0) is 15.9. The average Bonchev–Trinajstić information content (AvgIpc) is 3.24. The number of likely N-dealkylation sites (tertiary alicyclic amines) is 1. The number of aliphatic hydroxyl groups excluding tert-OH is 1. The van der Waals surface area contributed by atoms with E-state index in [1.165, 1.54) is 36.9 Å². The first-order valence-electron chi connectivity index (χ1n) is 8.98. The van der Waals surface area contributed by atoms with Gasteiger partial charge in [0.05, 0.1) is 6.10 Å². The summed E-state index contributed by atoms with van der Waals surface area (Å²) < 4.78 is 0. The first-order chi connectivity index (χ1) is 11.2. The summed E-state index contributed by atoms with van der Waals surface area (Å²) in [6.07, 6.45) is 6.26. The summed E-state index contributed by atoms with van der Waals surface area (Å²) in [7, 11) is 0. The van der Waals surface area contributed by atoms with E-state index in [1.807, 2.05) is 4.90 Å². The molecule has 1 unspecified atom stereocenters. The quantitative estimate of drug-likeness (QED) is 0.927. The van der Waals surface area contributed by atoms with Crippen LogP contribution in [0.4, 0.5) is 5.69 Å². The van der Waals surface area contributed by atoms with Crippen molar-refractivity contribution in [2.75, 3.05) is 31.1 Å². The Morgan fingerprint density at radius 1 is 1.09 bits per heavy atom. The van der Waals surface area contributed by atoms with Crippen LogP contribution in [0.25, 0.3) is 0 Å². The molecule has 2 heterocycles. The summed E-state index contributed by atoms with van der Waals surface area (Å²) in [6, 6.07) is 8.70. The number of aliphatic hydroxyl groups is 1. The normalized spacial score (nSPS) is 23.8. The van der Waals surface area contributed by atoms with Crippen molar-refractivity contribution in [1.82, 2.24) is 4.90 Å². The molecule has 2 aliphatic heterocycles. The lowest BCUT2D eigenvalue weighted by molar-refractivity contribution is -0.128. The number of benzene rings is 1. The fourth-order valence-electron chi connectivity index (χ4n) is 4.84. The number of hydrogen-bond acceptors (Lipinski definition) is 3. The number of β-amino-alcohol motifs (C(OH)–C–C–N with tert-alkyl or cyclic N) is 1. The van der Waals surface area contributed by atoms with E-state index in [0.717, 1.165) is 19.5 Å². The van der Waals surface area contributed by atoms with E-state index in [2.05, 4.69) is 29.2 Å². The molecule has 2 fully saturated rings. The molecule has 1 atom stereocenters. The van der Waals surface area contributed by atoms with Gasteiger partial charge in [0, 0.05) is 43.7 Å². The number of fused-ring (bicyclic) bond motifs is 2. The monoisotopic (exact) mass is 314 g/mol. The van der Waals surface area contributed by atoms with Crippen molar-refractivity contribution < 1.29 is 9.90 Å². The Morgan fingerprint density at radius 3 is 2.57 bits per heavy atom. The Labute approximate surface area is 138 Å². The Balaban J connectivity index is 1.48. The maximum Gasteiger partial charge on any atom is 0.222 e. The number of hydrogen-bond donors (Lipinski definition) is 1. The van der Waals surface area contributed by atoms with Gasteiger partial charge in [-0.25, -0.2) is 0 Å². The highest BCUT2D eigenvalue weighted by Crippen LogP contribution is 2.50. The Bertz CT molecular complexity index is 595. The number of carbonyl (C=O) groups excluding carboxylic acids is 1. The molecule has 1 aromatic rings. The zero-order valence-corrected chi connectivity index (χ0v) is 13.7. The largest absolute Gasteiger partial charge is 0.389 e. The first-order valence-corrected chi connectivity index (χ1v) is 8.98. The molecule has 1 spiro atoms. The van der Waals surface area contributed by atoms with Crippen LogP contribution < -0.4 is 4.90 Å². The summed E-state index contributed by atoms with van der Waals surface area (Å²) >= 11 is 0. The lowest BCUT2D eigenvalue weighted by Crippen LogP contribution is -2.42. The van der Waals surface area contributed by atoms with Gasteiger partial charge < -0.3 is 14.9 Å². The highest BCUT2D eigenvalue weighted by atomic mass is 16.3. The third-order valence-corrected chi connectivity index (χ3v) is 5.90. The zero-order valence-electron chi connectivity index (χ0n) is 13.7. The Hall–Kier alpha value is -1.55. The van der Waals surface area contributed by atoms with Crippen LogP contribution >= 0.6 is 0 Å². The molecule has 23 heavy (non-hydrogen) atoms. The topological polar surface area (TPSA) is 43.8 Å². The van der Waals surface area contributed by atoms with Gasteiger partial charge in [-0.15, -0.1) is 0 Å². The van der Waals surface area contributed by atoms with Crippen LogP contribution in [0.5, 0.6) is 0 Å². The first kappa shape index (κ1) is 15.0. The standard InChI is InChI=1S/C19H26N2O2/c22-15(12-20-11-5-8-18(20)23)13-21-14-19(9-3-4-10-19)16-6-1-2-7-17(16)21/h1-2,6-7,15,22H,3-5,8-14H2. The Morgan fingerprint density at radius 2 is 1.83 bits per heavy atom. The van der Waals surface area contributed by atoms with Crippen molar-refractivity contribution >= 4 is 11.6 Å². The van der Waals surface area contributed by atoms with E-state index in [0.29, 0.717) is 24.9 Å². The summed E-state index contributed by atoms with van der Waals surface area (Å²) in [5.74, 6) is 0.193. The van der Waals surface area contributed by atoms with Gasteiger partial charge in [-0.05, 0) is 30.9 Å². The van der Waals surface area contributed by atoms with E-state index >= 15 is 0 Å². The molecule has 1 amide bonds. The Kier molecular flexibility index (Phi) is 3.80. The van der Waals surface area contributed by atoms with Gasteiger partial charge in [0.2, 0.25) is 5.91 Å². The molecule has 0 bridgehead atoms. The number of para-hydroxylation sites is 1. The molecule has 0 radical (unpaired) electrons. The predicted molar refractivity (Wildman–Crippen MR) is 90.6 cm³/mol. The molecule has 1 saturated carbocycles. The van der Waals surface area contributed by atoms with Gasteiger partial charge in [-0.1, -0.05) is 31.0 Å². The van der Waals surface area contributed by atoms with E-state index in [9.17, 15) is 9.90 Å². The molecule has 1 saturated heterocycles. The number of nitrogens with zero attached hydrogens (tertiary/aromatic N) is 2. The van der Waals surface area contributed by atoms with Crippen LogP contribution in [0.1, 0.15) is 44.1 Å². The van der Waals surface area contributed by atoms with E-state index in [1.54, 1.807) is 0 Å². The maximum atomic E-state index is 11.8. The van der Waals surface area contributed by atoms with Gasteiger partial charge in [0.15, 0.2) is 0 Å². The highest BCUT2D eigenvalue weighted by molar-refractivity contribution is 5.78. The van der Waals surface area contributed by atoms with Crippen LogP contribution in [0, 0.1) is 0 Å². The number of carbonyl (C=O) groups is 1. The lowest BCUT2D eigenvalue weighted by atomic mass is 9.81. The van der Waals surface area contributed by atoms with Crippen molar-refractivity contribution in [2.45, 2.75) is 50.0 Å². The van der Waals surface area contributed by atoms with Crippen molar-refractivity contribution in [3.05, 3.63) is 29.8 Å². The molecule has 1 aliphatic carbocycles. The van der Waals surface area contributed by atoms with E-state index in [-0.39, 0.29) is 5.91 Å². The molecule has 0 aromatic heterocycles. The molecular weight excluding hydrogens is 288 g/mol. The second-order valence-electron chi connectivity index (χ2n) is 7.48. The molecule has 4 heteroatoms. The average molecular weight is 314 g/mol. The summed E-state index contributed by atoms with van der Waals surface area (Å²) in [6.45, 7) is 2.93. The van der Waals surface area contributed by atoms with Crippen molar-refractivity contribution in [1.29, 1.82) is 0 Å². The minimum absolute atomic E-state index is 0.193. The van der Waals surface area contributed by atoms with E-state index < -0.39 is 6.10 Å². The van der Waals surface area contributed by atoms with Gasteiger partial charge in [-0.3, -0.25) is 4.79 Å². The third kappa shape index (κ3) is 2.63. The summed E-state index contributed by atoms with van der Waals surface area (Å²) in [4.78, 5) is 15.9. The smallest absolute Gasteiger partial charge is 0.222 e. The molecule has 1 aromatic carbocycles. The van der Waals surface area contributed by atoms with Gasteiger partial charge in [0.1, 0.15) is 0 Å². The van der Waals surface area contributed by atoms with Crippen molar-refractivity contribution in [3.63, 3.8) is 0 Å². The molecule has 4 nitrogen and oxygen atoms in total. The highest BCUT2D eigenvalue weighted by Gasteiger charge is 2.44. The molecule has 124 valence electrons. The molecular formula is C19H26N2O2. The molecule has 3 aliphatic rings. The SMILES string of the molecule is O=C1CCCN1CC(O)CN1CC2(CCCC2)c2ccccc21. The van der Waals surface area contributed by atoms with Crippen molar-refractivity contribution in [2.24, 2.45) is 0 Å². The van der Waals surface area contributed by atoms with E-state index in [4.69, 9.17) is 0 Å². The minimum atomic E-state index is -0.471. The maximum absolute atomic E-state index is 11.8. The van der Waals surface area contributed by atoms with Gasteiger partial charge >= 0.3 is 0 Å².